The highest BCUT2D eigenvalue weighted by atomic mass is 16.5. The third kappa shape index (κ3) is 2.77. The van der Waals surface area contributed by atoms with E-state index in [1.165, 1.54) is 19.4 Å². The van der Waals surface area contributed by atoms with Crippen molar-refractivity contribution in [2.24, 2.45) is 0 Å². The number of hydrogen-bond acceptors (Lipinski definition) is 6. The molecule has 0 fully saturated rings. The van der Waals surface area contributed by atoms with Crippen LogP contribution in [0.5, 0.6) is 11.6 Å². The first-order valence-electron chi connectivity index (χ1n) is 7.86. The summed E-state index contributed by atoms with van der Waals surface area (Å²) in [5.74, 6) is 0.741. The van der Waals surface area contributed by atoms with Gasteiger partial charge in [-0.15, -0.1) is 0 Å². The van der Waals surface area contributed by atoms with Gasteiger partial charge >= 0.3 is 0 Å². The summed E-state index contributed by atoms with van der Waals surface area (Å²) in [5.41, 5.74) is 3.91. The van der Waals surface area contributed by atoms with Crippen LogP contribution in [-0.2, 0) is 6.61 Å². The molecule has 4 rings (SSSR count). The third-order valence-corrected chi connectivity index (χ3v) is 4.06. The molecule has 0 aliphatic carbocycles. The van der Waals surface area contributed by atoms with E-state index in [1.54, 1.807) is 18.7 Å². The lowest BCUT2D eigenvalue weighted by Crippen LogP contribution is -2.03. The van der Waals surface area contributed by atoms with Crippen LogP contribution in [0, 0.1) is 0 Å². The number of fused-ring (bicyclic) bond motifs is 1. The standard InChI is InChI=1S/C18H15N5O3/c1-25-18-6-12(9-24)17(8-20-18)26-10-14-13(15-2-4-21-22-15)3-5-23-11-19-7-16(14)23/h2-9,11H,10H2,1H3,(H,21,22). The second kappa shape index (κ2) is 6.67. The Morgan fingerprint density at radius 1 is 1.31 bits per heavy atom. The van der Waals surface area contributed by atoms with Gasteiger partial charge in [0.1, 0.15) is 12.4 Å². The van der Waals surface area contributed by atoms with E-state index in [4.69, 9.17) is 9.47 Å². The molecule has 0 radical (unpaired) electrons. The van der Waals surface area contributed by atoms with E-state index in [0.29, 0.717) is 23.5 Å². The van der Waals surface area contributed by atoms with Gasteiger partial charge < -0.3 is 13.9 Å². The topological polar surface area (TPSA) is 94.4 Å². The predicted molar refractivity (Wildman–Crippen MR) is 93.3 cm³/mol. The van der Waals surface area contributed by atoms with Gasteiger partial charge in [0.05, 0.1) is 42.6 Å². The van der Waals surface area contributed by atoms with Gasteiger partial charge in [-0.3, -0.25) is 9.89 Å². The molecule has 8 nitrogen and oxygen atoms in total. The Kier molecular flexibility index (Phi) is 4.06. The van der Waals surface area contributed by atoms with Gasteiger partial charge in [0.2, 0.25) is 5.88 Å². The molecule has 1 N–H and O–H groups in total. The van der Waals surface area contributed by atoms with Crippen molar-refractivity contribution in [3.8, 4) is 22.9 Å². The maximum Gasteiger partial charge on any atom is 0.213 e. The van der Waals surface area contributed by atoms with Crippen LogP contribution in [0.4, 0.5) is 0 Å². The highest BCUT2D eigenvalue weighted by Gasteiger charge is 2.14. The molecule has 0 aliphatic rings. The van der Waals surface area contributed by atoms with Crippen LogP contribution in [0.2, 0.25) is 0 Å². The molecule has 0 unspecified atom stereocenters. The summed E-state index contributed by atoms with van der Waals surface area (Å²) in [5, 5.41) is 7.07. The molecule has 0 saturated heterocycles. The van der Waals surface area contributed by atoms with E-state index >= 15 is 0 Å². The lowest BCUT2D eigenvalue weighted by Gasteiger charge is -2.13. The van der Waals surface area contributed by atoms with Crippen molar-refractivity contribution in [3.05, 3.63) is 60.4 Å². The summed E-state index contributed by atoms with van der Waals surface area (Å²) < 4.78 is 12.8. The maximum absolute atomic E-state index is 11.3. The number of rotatable bonds is 6. The minimum Gasteiger partial charge on any atom is -0.486 e. The fourth-order valence-electron chi connectivity index (χ4n) is 2.76. The molecular formula is C18H15N5O3. The van der Waals surface area contributed by atoms with E-state index in [-0.39, 0.29) is 6.61 Å². The van der Waals surface area contributed by atoms with Gasteiger partial charge in [0.25, 0.3) is 0 Å². The maximum atomic E-state index is 11.3. The van der Waals surface area contributed by atoms with Crippen molar-refractivity contribution in [1.82, 2.24) is 24.6 Å². The molecule has 4 heterocycles. The normalized spacial score (nSPS) is 10.8. The van der Waals surface area contributed by atoms with Crippen LogP contribution in [0.25, 0.3) is 16.8 Å². The van der Waals surface area contributed by atoms with Crippen molar-refractivity contribution in [3.63, 3.8) is 0 Å². The Morgan fingerprint density at radius 2 is 2.23 bits per heavy atom. The average Bonchev–Trinajstić information content (AvgIpc) is 3.37. The molecule has 4 aromatic heterocycles. The number of nitrogens with zero attached hydrogens (tertiary/aromatic N) is 4. The largest absolute Gasteiger partial charge is 0.486 e. The molecule has 130 valence electrons. The van der Waals surface area contributed by atoms with Crippen molar-refractivity contribution in [2.45, 2.75) is 6.61 Å². The predicted octanol–water partition coefficient (Wildman–Crippen LogP) is 2.52. The van der Waals surface area contributed by atoms with Gasteiger partial charge in [-0.05, 0) is 12.1 Å². The van der Waals surface area contributed by atoms with Crippen molar-refractivity contribution >= 4 is 11.8 Å². The molecule has 4 aromatic rings. The molecule has 8 heteroatoms. The molecule has 0 bridgehead atoms. The van der Waals surface area contributed by atoms with E-state index in [1.807, 2.05) is 22.7 Å². The van der Waals surface area contributed by atoms with Crippen LogP contribution in [-0.4, -0.2) is 38.0 Å². The number of imidazole rings is 1. The second-order valence-electron chi connectivity index (χ2n) is 5.52. The van der Waals surface area contributed by atoms with Gasteiger partial charge in [-0.1, -0.05) is 0 Å². The number of aromatic nitrogens is 5. The number of ether oxygens (including phenoxy) is 2. The zero-order valence-electron chi connectivity index (χ0n) is 13.9. The first kappa shape index (κ1) is 15.8. The number of H-pyrrole nitrogens is 1. The van der Waals surface area contributed by atoms with Gasteiger partial charge in [-0.2, -0.15) is 5.10 Å². The number of hydrogen-bond donors (Lipinski definition) is 1. The van der Waals surface area contributed by atoms with Gasteiger partial charge in [0, 0.05) is 29.6 Å². The Hall–Kier alpha value is -3.68. The molecule has 0 amide bonds. The Balaban J connectivity index is 1.72. The van der Waals surface area contributed by atoms with E-state index < -0.39 is 0 Å². The highest BCUT2D eigenvalue weighted by molar-refractivity contribution is 5.79. The summed E-state index contributed by atoms with van der Waals surface area (Å²) in [7, 11) is 1.49. The Morgan fingerprint density at radius 3 is 3.00 bits per heavy atom. The summed E-state index contributed by atoms with van der Waals surface area (Å²) in [6, 6.07) is 5.38. The monoisotopic (exact) mass is 349 g/mol. The fourth-order valence-corrected chi connectivity index (χ4v) is 2.76. The van der Waals surface area contributed by atoms with Gasteiger partial charge in [0.15, 0.2) is 6.29 Å². The molecule has 0 spiro atoms. The number of nitrogens with one attached hydrogen (secondary N) is 1. The van der Waals surface area contributed by atoms with E-state index in [9.17, 15) is 4.79 Å². The van der Waals surface area contributed by atoms with E-state index in [0.717, 1.165) is 22.3 Å². The van der Waals surface area contributed by atoms with Gasteiger partial charge in [-0.25, -0.2) is 9.97 Å². The van der Waals surface area contributed by atoms with Crippen molar-refractivity contribution < 1.29 is 14.3 Å². The van der Waals surface area contributed by atoms with Crippen LogP contribution in [0.3, 0.4) is 0 Å². The summed E-state index contributed by atoms with van der Waals surface area (Å²) >= 11 is 0. The molecule has 0 atom stereocenters. The molecule has 0 aromatic carbocycles. The summed E-state index contributed by atoms with van der Waals surface area (Å²) in [6.45, 7) is 0.229. The summed E-state index contributed by atoms with van der Waals surface area (Å²) in [4.78, 5) is 19.6. The zero-order valence-corrected chi connectivity index (χ0v) is 13.9. The van der Waals surface area contributed by atoms with Crippen molar-refractivity contribution in [1.29, 1.82) is 0 Å². The zero-order chi connectivity index (χ0) is 17.9. The first-order valence-corrected chi connectivity index (χ1v) is 7.86. The number of aldehydes is 1. The second-order valence-corrected chi connectivity index (χ2v) is 5.52. The minimum absolute atomic E-state index is 0.229. The number of carbonyl (C=O) groups excluding carboxylic acids is 1. The lowest BCUT2D eigenvalue weighted by molar-refractivity contribution is 0.111. The highest BCUT2D eigenvalue weighted by Crippen LogP contribution is 2.28. The molecule has 0 saturated carbocycles. The number of carbonyl (C=O) groups is 1. The third-order valence-electron chi connectivity index (χ3n) is 4.06. The minimum atomic E-state index is 0.229. The van der Waals surface area contributed by atoms with Crippen LogP contribution < -0.4 is 9.47 Å². The first-order chi connectivity index (χ1) is 12.8. The summed E-state index contributed by atoms with van der Waals surface area (Å²) in [6.07, 6.45) is 9.36. The number of pyridine rings is 2. The van der Waals surface area contributed by atoms with Crippen molar-refractivity contribution in [2.75, 3.05) is 7.11 Å². The van der Waals surface area contributed by atoms with E-state index in [2.05, 4.69) is 20.2 Å². The average molecular weight is 349 g/mol. The Bertz CT molecular complexity index is 1060. The van der Waals surface area contributed by atoms with Crippen LogP contribution in [0.15, 0.2) is 49.3 Å². The van der Waals surface area contributed by atoms with Crippen LogP contribution in [0.1, 0.15) is 15.9 Å². The Labute approximate surface area is 148 Å². The number of methoxy groups -OCH3 is 1. The molecule has 0 aliphatic heterocycles. The number of aromatic amines is 1. The quantitative estimate of drug-likeness (QED) is 0.538. The molecule has 26 heavy (non-hydrogen) atoms. The lowest BCUT2D eigenvalue weighted by atomic mass is 10.1. The smallest absolute Gasteiger partial charge is 0.213 e. The fraction of sp³-hybridized carbons (Fsp3) is 0.111. The van der Waals surface area contributed by atoms with Crippen LogP contribution >= 0.6 is 0 Å². The molecular weight excluding hydrogens is 334 g/mol. The SMILES string of the molecule is COc1cc(C=O)c(OCc2c(-c3cc[nH]n3)ccn3cncc23)cn1.